The predicted molar refractivity (Wildman–Crippen MR) is 118 cm³/mol. The molecule has 1 aliphatic heterocycles. The van der Waals surface area contributed by atoms with E-state index in [0.29, 0.717) is 16.4 Å². The van der Waals surface area contributed by atoms with Gasteiger partial charge < -0.3 is 10.6 Å². The third-order valence-corrected chi connectivity index (χ3v) is 5.64. The van der Waals surface area contributed by atoms with Gasteiger partial charge in [0.2, 0.25) is 0 Å². The van der Waals surface area contributed by atoms with E-state index in [1.165, 1.54) is 10.2 Å². The fourth-order valence-electron chi connectivity index (χ4n) is 3.46. The van der Waals surface area contributed by atoms with Gasteiger partial charge in [-0.25, -0.2) is 0 Å². The highest BCUT2D eigenvalue weighted by Gasteiger charge is 2.21. The van der Waals surface area contributed by atoms with Crippen LogP contribution in [0.4, 0.5) is 11.4 Å². The molecule has 1 aromatic heterocycles. The number of rotatable bonds is 4. The lowest BCUT2D eigenvalue weighted by Crippen LogP contribution is -2.46. The third-order valence-electron chi connectivity index (χ3n) is 5.05. The van der Waals surface area contributed by atoms with Gasteiger partial charge in [-0.1, -0.05) is 41.4 Å². The van der Waals surface area contributed by atoms with Gasteiger partial charge in [-0.15, -0.1) is 0 Å². The Morgan fingerprint density at radius 2 is 1.72 bits per heavy atom. The second-order valence-electron chi connectivity index (χ2n) is 7.05. The maximum Gasteiger partial charge on any atom is 0.292 e. The summed E-state index contributed by atoms with van der Waals surface area (Å²) >= 11 is 12.5. The number of hydrogen-bond acceptors (Lipinski definition) is 5. The van der Waals surface area contributed by atoms with E-state index < -0.39 is 0 Å². The molecule has 2 heterocycles. The van der Waals surface area contributed by atoms with Crippen LogP contribution in [-0.2, 0) is 6.54 Å². The van der Waals surface area contributed by atoms with Crippen LogP contribution >= 0.6 is 23.2 Å². The summed E-state index contributed by atoms with van der Waals surface area (Å²) in [6.07, 6.45) is 1.65. The number of benzene rings is 2. The Kier molecular flexibility index (Phi) is 5.76. The van der Waals surface area contributed by atoms with Gasteiger partial charge in [0.25, 0.3) is 5.56 Å². The van der Waals surface area contributed by atoms with Crippen molar-refractivity contribution in [2.24, 2.45) is 0 Å². The zero-order valence-electron chi connectivity index (χ0n) is 15.8. The summed E-state index contributed by atoms with van der Waals surface area (Å²) < 4.78 is 1.27. The molecule has 2 N–H and O–H groups in total. The van der Waals surface area contributed by atoms with Crippen molar-refractivity contribution in [3.05, 3.63) is 80.7 Å². The Morgan fingerprint density at radius 3 is 2.41 bits per heavy atom. The first-order chi connectivity index (χ1) is 14.0. The summed E-state index contributed by atoms with van der Waals surface area (Å²) in [6, 6.07) is 14.9. The lowest BCUT2D eigenvalue weighted by molar-refractivity contribution is 0.250. The molecule has 3 aromatic rings. The highest BCUT2D eigenvalue weighted by atomic mass is 35.5. The van der Waals surface area contributed by atoms with Gasteiger partial charge in [0.15, 0.2) is 0 Å². The van der Waals surface area contributed by atoms with Gasteiger partial charge in [-0.05, 0) is 35.9 Å². The minimum Gasteiger partial charge on any atom is -0.399 e. The normalized spacial score (nSPS) is 14.9. The first-order valence-corrected chi connectivity index (χ1v) is 10.1. The van der Waals surface area contributed by atoms with Gasteiger partial charge >= 0.3 is 0 Å². The van der Waals surface area contributed by atoms with Crippen LogP contribution in [-0.4, -0.2) is 40.9 Å². The number of nitrogen functional groups attached to an aromatic ring is 1. The Morgan fingerprint density at radius 1 is 1.00 bits per heavy atom. The Balaban J connectivity index is 1.46. The second kappa shape index (κ2) is 8.45. The number of nitrogens with two attached hydrogens (primary N) is 1. The average Bonchev–Trinajstić information content (AvgIpc) is 2.72. The van der Waals surface area contributed by atoms with E-state index in [1.807, 2.05) is 12.1 Å². The van der Waals surface area contributed by atoms with Crippen molar-refractivity contribution in [1.29, 1.82) is 0 Å². The van der Waals surface area contributed by atoms with E-state index in [2.05, 4.69) is 27.0 Å². The molecule has 0 amide bonds. The average molecular weight is 430 g/mol. The molecule has 0 radical (unpaired) electrons. The van der Waals surface area contributed by atoms with Crippen LogP contribution in [0.2, 0.25) is 10.0 Å². The molecule has 0 unspecified atom stereocenters. The molecule has 0 spiro atoms. The Hall–Kier alpha value is -2.54. The van der Waals surface area contributed by atoms with Crippen molar-refractivity contribution in [3.8, 4) is 5.69 Å². The van der Waals surface area contributed by atoms with E-state index >= 15 is 0 Å². The maximum absolute atomic E-state index is 12.8. The van der Waals surface area contributed by atoms with E-state index in [4.69, 9.17) is 28.9 Å². The molecule has 2 aromatic carbocycles. The smallest absolute Gasteiger partial charge is 0.292 e. The van der Waals surface area contributed by atoms with Gasteiger partial charge in [-0.2, -0.15) is 9.78 Å². The summed E-state index contributed by atoms with van der Waals surface area (Å²) in [5, 5.41) is 5.02. The zero-order chi connectivity index (χ0) is 20.4. The summed E-state index contributed by atoms with van der Waals surface area (Å²) in [7, 11) is 0. The number of aromatic nitrogens is 2. The fourth-order valence-corrected chi connectivity index (χ4v) is 3.90. The summed E-state index contributed by atoms with van der Waals surface area (Å²) in [4.78, 5) is 17.2. The lowest BCUT2D eigenvalue weighted by Gasteiger charge is -2.36. The SMILES string of the molecule is Nc1ccc(CN2CCN(c3cnn(-c4cccc(Cl)c4)c(=O)c3Cl)CC2)cc1. The minimum absolute atomic E-state index is 0.173. The minimum atomic E-state index is -0.351. The molecule has 150 valence electrons. The molecular weight excluding hydrogens is 409 g/mol. The summed E-state index contributed by atoms with van der Waals surface area (Å²) in [6.45, 7) is 4.17. The Labute approximate surface area is 179 Å². The third kappa shape index (κ3) is 4.40. The predicted octanol–water partition coefficient (Wildman–Crippen LogP) is 3.44. The largest absolute Gasteiger partial charge is 0.399 e. The molecule has 1 saturated heterocycles. The highest BCUT2D eigenvalue weighted by molar-refractivity contribution is 6.33. The van der Waals surface area contributed by atoms with Gasteiger partial charge in [0.1, 0.15) is 5.02 Å². The quantitative estimate of drug-likeness (QED) is 0.643. The van der Waals surface area contributed by atoms with Crippen molar-refractivity contribution in [2.45, 2.75) is 6.54 Å². The van der Waals surface area contributed by atoms with E-state index in [1.54, 1.807) is 30.5 Å². The van der Waals surface area contributed by atoms with E-state index in [9.17, 15) is 4.79 Å². The first-order valence-electron chi connectivity index (χ1n) is 9.37. The van der Waals surface area contributed by atoms with Crippen LogP contribution in [0.25, 0.3) is 5.69 Å². The van der Waals surface area contributed by atoms with Gasteiger partial charge in [0, 0.05) is 43.4 Å². The van der Waals surface area contributed by atoms with Crippen LogP contribution < -0.4 is 16.2 Å². The number of hydrogen-bond donors (Lipinski definition) is 1. The van der Waals surface area contributed by atoms with Crippen LogP contribution in [0.3, 0.4) is 0 Å². The number of nitrogens with zero attached hydrogens (tertiary/aromatic N) is 4. The molecule has 0 aliphatic carbocycles. The topological polar surface area (TPSA) is 67.4 Å². The number of halogens is 2. The molecule has 8 heteroatoms. The van der Waals surface area contributed by atoms with Crippen LogP contribution in [0.1, 0.15) is 5.56 Å². The van der Waals surface area contributed by atoms with Crippen LogP contribution in [0.15, 0.2) is 59.5 Å². The summed E-state index contributed by atoms with van der Waals surface area (Å²) in [5.41, 5.74) is 8.66. The molecule has 0 bridgehead atoms. The highest BCUT2D eigenvalue weighted by Crippen LogP contribution is 2.24. The van der Waals surface area contributed by atoms with Gasteiger partial charge in [-0.3, -0.25) is 9.69 Å². The monoisotopic (exact) mass is 429 g/mol. The second-order valence-corrected chi connectivity index (χ2v) is 7.86. The van der Waals surface area contributed by atoms with Crippen molar-refractivity contribution < 1.29 is 0 Å². The van der Waals surface area contributed by atoms with Crippen molar-refractivity contribution in [3.63, 3.8) is 0 Å². The fraction of sp³-hybridized carbons (Fsp3) is 0.238. The summed E-state index contributed by atoms with van der Waals surface area (Å²) in [5.74, 6) is 0. The molecule has 1 aliphatic rings. The number of piperazine rings is 1. The molecule has 6 nitrogen and oxygen atoms in total. The molecule has 4 rings (SSSR count). The van der Waals surface area contributed by atoms with Crippen LogP contribution in [0.5, 0.6) is 0 Å². The number of anilines is 2. The van der Waals surface area contributed by atoms with Crippen molar-refractivity contribution in [1.82, 2.24) is 14.7 Å². The van der Waals surface area contributed by atoms with Crippen molar-refractivity contribution in [2.75, 3.05) is 36.8 Å². The van der Waals surface area contributed by atoms with Gasteiger partial charge in [0.05, 0.1) is 17.6 Å². The van der Waals surface area contributed by atoms with E-state index in [0.717, 1.165) is 38.4 Å². The molecule has 29 heavy (non-hydrogen) atoms. The Bertz CT molecular complexity index is 1060. The maximum atomic E-state index is 12.8. The molecule has 0 saturated carbocycles. The molecule has 1 fully saturated rings. The standard InChI is InChI=1S/C21H21Cl2N5O/c22-16-2-1-3-18(12-16)28-21(29)20(23)19(13-25-28)27-10-8-26(9-11-27)14-15-4-6-17(24)7-5-15/h1-7,12-13H,8-11,14,24H2. The molecule has 0 atom stereocenters. The molecular formula is C21H21Cl2N5O. The van der Waals surface area contributed by atoms with Crippen LogP contribution in [0, 0.1) is 0 Å². The lowest BCUT2D eigenvalue weighted by atomic mass is 10.2. The first kappa shape index (κ1) is 19.8. The zero-order valence-corrected chi connectivity index (χ0v) is 17.3. The van der Waals surface area contributed by atoms with E-state index in [-0.39, 0.29) is 10.6 Å². The van der Waals surface area contributed by atoms with Crippen molar-refractivity contribution >= 4 is 34.6 Å².